The molecule has 0 bridgehead atoms. The van der Waals surface area contributed by atoms with E-state index in [1.54, 1.807) is 0 Å². The van der Waals surface area contributed by atoms with Gasteiger partial charge >= 0.3 is 0 Å². The molecule has 0 saturated heterocycles. The molecule has 3 nitrogen and oxygen atoms in total. The molecule has 0 rings (SSSR count). The maximum absolute atomic E-state index is 5.15. The van der Waals surface area contributed by atoms with Crippen LogP contribution in [0.4, 0.5) is 0 Å². The highest BCUT2D eigenvalue weighted by Crippen LogP contribution is 2.04. The van der Waals surface area contributed by atoms with Gasteiger partial charge in [-0.05, 0) is 12.8 Å². The Morgan fingerprint density at radius 1 is 1.27 bits per heavy atom. The molecule has 0 aromatic carbocycles. The van der Waals surface area contributed by atoms with Gasteiger partial charge in [-0.25, -0.2) is 5.43 Å². The lowest BCUT2D eigenvalue weighted by Gasteiger charge is -2.14. The predicted octanol–water partition coefficient (Wildman–Crippen LogP) is 1.31. The Balaban J connectivity index is 3.20. The van der Waals surface area contributed by atoms with E-state index in [4.69, 9.17) is 5.84 Å². The summed E-state index contributed by atoms with van der Waals surface area (Å²) in [5.74, 6) is 5.15. The van der Waals surface area contributed by atoms with E-state index < -0.39 is 0 Å². The van der Waals surface area contributed by atoms with Gasteiger partial charge in [0, 0.05) is 6.04 Å². The number of nitrogens with one attached hydrogen (secondary N) is 2. The minimum Gasteiger partial charge on any atom is -0.258 e. The van der Waals surface area contributed by atoms with E-state index in [-0.39, 0.29) is 0 Å². The van der Waals surface area contributed by atoms with Crippen LogP contribution in [0.3, 0.4) is 0 Å². The zero-order chi connectivity index (χ0) is 8.53. The third-order valence-electron chi connectivity index (χ3n) is 1.94. The summed E-state index contributed by atoms with van der Waals surface area (Å²) in [5.41, 5.74) is 5.51. The molecule has 68 valence electrons. The molecule has 0 aliphatic rings. The predicted molar refractivity (Wildman–Crippen MR) is 48.7 cm³/mol. The van der Waals surface area contributed by atoms with Crippen LogP contribution in [0.5, 0.6) is 0 Å². The molecule has 1 unspecified atom stereocenters. The summed E-state index contributed by atoms with van der Waals surface area (Å²) < 4.78 is 0. The van der Waals surface area contributed by atoms with Gasteiger partial charge in [0.25, 0.3) is 0 Å². The molecule has 0 aliphatic carbocycles. The number of rotatable bonds is 7. The van der Waals surface area contributed by atoms with Gasteiger partial charge in [0.05, 0.1) is 0 Å². The molecule has 0 fully saturated rings. The number of nitrogens with two attached hydrogens (primary N) is 1. The van der Waals surface area contributed by atoms with Crippen LogP contribution in [0.25, 0.3) is 0 Å². The Morgan fingerprint density at radius 3 is 2.45 bits per heavy atom. The largest absolute Gasteiger partial charge is 0.258 e. The second-order valence-corrected chi connectivity index (χ2v) is 2.89. The van der Waals surface area contributed by atoms with Gasteiger partial charge in [0.2, 0.25) is 0 Å². The van der Waals surface area contributed by atoms with Crippen molar-refractivity contribution in [2.45, 2.75) is 52.0 Å². The number of hydrogen-bond donors (Lipinski definition) is 3. The Morgan fingerprint density at radius 2 is 2.00 bits per heavy atom. The molecule has 11 heavy (non-hydrogen) atoms. The average molecular weight is 159 g/mol. The van der Waals surface area contributed by atoms with E-state index in [9.17, 15) is 0 Å². The summed E-state index contributed by atoms with van der Waals surface area (Å²) in [6, 6.07) is 0.534. The zero-order valence-corrected chi connectivity index (χ0v) is 7.69. The van der Waals surface area contributed by atoms with E-state index in [0.29, 0.717) is 6.04 Å². The van der Waals surface area contributed by atoms with Crippen LogP contribution in [-0.2, 0) is 0 Å². The molecule has 3 heteroatoms. The summed E-state index contributed by atoms with van der Waals surface area (Å²) in [6.07, 6.45) is 6.25. The fourth-order valence-electron chi connectivity index (χ4n) is 1.14. The summed E-state index contributed by atoms with van der Waals surface area (Å²) in [5, 5.41) is 0. The smallest absolute Gasteiger partial charge is 0.0223 e. The van der Waals surface area contributed by atoms with Gasteiger partial charge in [0.15, 0.2) is 0 Å². The van der Waals surface area contributed by atoms with Crippen molar-refractivity contribution in [3.63, 3.8) is 0 Å². The zero-order valence-electron chi connectivity index (χ0n) is 7.69. The summed E-state index contributed by atoms with van der Waals surface area (Å²) in [6.45, 7) is 4.39. The van der Waals surface area contributed by atoms with Crippen LogP contribution in [0.1, 0.15) is 46.0 Å². The quantitative estimate of drug-likeness (QED) is 0.298. The first-order valence-corrected chi connectivity index (χ1v) is 4.56. The number of hydrazine groups is 2. The minimum atomic E-state index is 0.534. The first-order chi connectivity index (χ1) is 5.35. The van der Waals surface area contributed by atoms with Crippen LogP contribution < -0.4 is 16.8 Å². The first-order valence-electron chi connectivity index (χ1n) is 4.56. The van der Waals surface area contributed by atoms with Crippen molar-refractivity contribution in [2.24, 2.45) is 5.84 Å². The molecule has 0 amide bonds. The number of hydrogen-bond acceptors (Lipinski definition) is 3. The van der Waals surface area contributed by atoms with Crippen LogP contribution >= 0.6 is 0 Å². The van der Waals surface area contributed by atoms with Crippen molar-refractivity contribution in [1.29, 1.82) is 0 Å². The lowest BCUT2D eigenvalue weighted by atomic mass is 10.1. The van der Waals surface area contributed by atoms with Crippen LogP contribution in [0.2, 0.25) is 0 Å². The van der Waals surface area contributed by atoms with Gasteiger partial charge in [0.1, 0.15) is 0 Å². The molecule has 0 aromatic rings. The average Bonchev–Trinajstić information content (AvgIpc) is 2.03. The highest BCUT2D eigenvalue weighted by atomic mass is 15.5. The highest BCUT2D eigenvalue weighted by molar-refractivity contribution is 4.60. The van der Waals surface area contributed by atoms with Crippen molar-refractivity contribution in [3.8, 4) is 0 Å². The maximum Gasteiger partial charge on any atom is 0.0223 e. The fourth-order valence-corrected chi connectivity index (χ4v) is 1.14. The van der Waals surface area contributed by atoms with Gasteiger partial charge in [-0.1, -0.05) is 33.1 Å². The molecule has 0 spiro atoms. The van der Waals surface area contributed by atoms with Crippen molar-refractivity contribution >= 4 is 0 Å². The van der Waals surface area contributed by atoms with Crippen molar-refractivity contribution in [3.05, 3.63) is 0 Å². The second-order valence-electron chi connectivity index (χ2n) is 2.89. The normalized spacial score (nSPS) is 13.4. The first kappa shape index (κ1) is 10.9. The summed E-state index contributed by atoms with van der Waals surface area (Å²) in [4.78, 5) is 0. The van der Waals surface area contributed by atoms with Gasteiger partial charge in [-0.15, -0.1) is 0 Å². The van der Waals surface area contributed by atoms with E-state index in [1.165, 1.54) is 25.7 Å². The monoisotopic (exact) mass is 159 g/mol. The molecular formula is C8H21N3. The van der Waals surface area contributed by atoms with Gasteiger partial charge < -0.3 is 0 Å². The lowest BCUT2D eigenvalue weighted by Crippen LogP contribution is -2.44. The third kappa shape index (κ3) is 6.28. The summed E-state index contributed by atoms with van der Waals surface area (Å²) >= 11 is 0. The standard InChI is InChI=1S/C8H21N3/c1-3-5-6-7-8(4-2)10-11-9/h8,10-11H,3-7,9H2,1-2H3. The third-order valence-corrected chi connectivity index (χ3v) is 1.94. The maximum atomic E-state index is 5.15. The Bertz CT molecular complexity index is 75.7. The van der Waals surface area contributed by atoms with Crippen molar-refractivity contribution in [2.75, 3.05) is 0 Å². The molecule has 4 N–H and O–H groups in total. The van der Waals surface area contributed by atoms with E-state index in [0.717, 1.165) is 6.42 Å². The summed E-state index contributed by atoms with van der Waals surface area (Å²) in [7, 11) is 0. The molecular weight excluding hydrogens is 138 g/mol. The minimum absolute atomic E-state index is 0.534. The topological polar surface area (TPSA) is 50.1 Å². The molecule has 0 aromatic heterocycles. The molecule has 0 radical (unpaired) electrons. The Hall–Kier alpha value is -0.120. The molecule has 1 atom stereocenters. The molecule has 0 aliphatic heterocycles. The van der Waals surface area contributed by atoms with Crippen molar-refractivity contribution < 1.29 is 0 Å². The van der Waals surface area contributed by atoms with Gasteiger partial charge in [-0.2, -0.15) is 5.53 Å². The van der Waals surface area contributed by atoms with E-state index in [1.807, 2.05) is 0 Å². The van der Waals surface area contributed by atoms with Crippen LogP contribution in [-0.4, -0.2) is 6.04 Å². The van der Waals surface area contributed by atoms with Gasteiger partial charge in [-0.3, -0.25) is 5.84 Å². The second kappa shape index (κ2) is 7.98. The molecule has 0 saturated carbocycles. The van der Waals surface area contributed by atoms with Crippen LogP contribution in [0.15, 0.2) is 0 Å². The highest BCUT2D eigenvalue weighted by Gasteiger charge is 2.02. The van der Waals surface area contributed by atoms with E-state index >= 15 is 0 Å². The number of unbranched alkanes of at least 4 members (excludes halogenated alkanes) is 2. The van der Waals surface area contributed by atoms with E-state index in [2.05, 4.69) is 24.8 Å². The lowest BCUT2D eigenvalue weighted by molar-refractivity contribution is 0.393. The Labute approximate surface area is 69.7 Å². The van der Waals surface area contributed by atoms with Crippen molar-refractivity contribution in [1.82, 2.24) is 11.0 Å². The fraction of sp³-hybridized carbons (Fsp3) is 1.00. The SMILES string of the molecule is CCCCCC(CC)NNN. The molecule has 0 heterocycles. The van der Waals surface area contributed by atoms with Crippen LogP contribution in [0, 0.1) is 0 Å². The Kier molecular flexibility index (Phi) is 7.89.